The second kappa shape index (κ2) is 13.3. The molecule has 11 heteroatoms. The molecule has 0 unspecified atom stereocenters. The van der Waals surface area contributed by atoms with Gasteiger partial charge < -0.3 is 29.7 Å². The molecule has 40 heavy (non-hydrogen) atoms. The number of nitrogens with zero attached hydrogens (tertiary/aromatic N) is 3. The monoisotopic (exact) mass is 547 g/mol. The minimum absolute atomic E-state index is 0.156. The van der Waals surface area contributed by atoms with Crippen LogP contribution in [0.15, 0.2) is 78.9 Å². The maximum absolute atomic E-state index is 13.6. The topological polar surface area (TPSA) is 107 Å². The van der Waals surface area contributed by atoms with Crippen LogP contribution in [-0.2, 0) is 9.53 Å². The van der Waals surface area contributed by atoms with Crippen LogP contribution in [0.25, 0.3) is 16.9 Å². The number of nitrogens with one attached hydrogen (secondary N) is 2. The molecule has 2 N–H and O–H groups in total. The zero-order valence-corrected chi connectivity index (χ0v) is 22.4. The lowest BCUT2D eigenvalue weighted by atomic mass is 10.1. The Balaban J connectivity index is 1.55. The molecule has 1 aromatic heterocycles. The highest BCUT2D eigenvalue weighted by Crippen LogP contribution is 2.27. The molecule has 4 rings (SSSR count). The van der Waals surface area contributed by atoms with E-state index in [-0.39, 0.29) is 19.7 Å². The maximum atomic E-state index is 13.6. The van der Waals surface area contributed by atoms with Gasteiger partial charge in [-0.3, -0.25) is 4.79 Å². The summed E-state index contributed by atoms with van der Waals surface area (Å²) in [6.45, 7) is 0.0999. The molecule has 0 spiro atoms. The number of urea groups is 1. The number of anilines is 2. The number of benzene rings is 3. The molecule has 0 bridgehead atoms. The van der Waals surface area contributed by atoms with Crippen LogP contribution >= 0.6 is 0 Å². The summed E-state index contributed by atoms with van der Waals surface area (Å²) >= 11 is 0. The fourth-order valence-electron chi connectivity index (χ4n) is 3.89. The Bertz CT molecular complexity index is 1420. The molecule has 0 fully saturated rings. The van der Waals surface area contributed by atoms with Gasteiger partial charge in [-0.05, 0) is 24.3 Å². The van der Waals surface area contributed by atoms with Crippen LogP contribution in [0, 0.1) is 5.82 Å². The molecule has 0 aliphatic rings. The van der Waals surface area contributed by atoms with Crippen LogP contribution in [-0.4, -0.2) is 67.6 Å². The van der Waals surface area contributed by atoms with Crippen molar-refractivity contribution in [2.24, 2.45) is 0 Å². The van der Waals surface area contributed by atoms with Crippen LogP contribution in [0.3, 0.4) is 0 Å². The van der Waals surface area contributed by atoms with Gasteiger partial charge in [-0.1, -0.05) is 30.3 Å². The number of aromatic nitrogens is 2. The van der Waals surface area contributed by atoms with E-state index in [2.05, 4.69) is 15.7 Å². The van der Waals surface area contributed by atoms with E-state index in [1.54, 1.807) is 36.4 Å². The standard InChI is InChI=1S/C29H30FN5O5/c1-38-14-13-34(29(37)31-22-15-24(39-2)17-25(16-22)40-3)19-28(36)32-27-18-26(20-7-5-4-6-8-20)33-35(27)23-11-9-21(30)10-12-23/h4-12,15-18H,13-14,19H2,1-3H3,(H,31,37)(H,32,36). The SMILES string of the molecule is COCCN(CC(=O)Nc1cc(-c2ccccc2)nn1-c1ccc(F)cc1)C(=O)Nc1cc(OC)cc(OC)c1. The zero-order valence-electron chi connectivity index (χ0n) is 22.4. The Labute approximate surface area is 231 Å². The minimum atomic E-state index is -0.514. The van der Waals surface area contributed by atoms with Crippen LogP contribution in [0.5, 0.6) is 11.5 Å². The molecular formula is C29H30FN5O5. The Hall–Kier alpha value is -4.90. The van der Waals surface area contributed by atoms with E-state index >= 15 is 0 Å². The lowest BCUT2D eigenvalue weighted by Crippen LogP contribution is -2.42. The van der Waals surface area contributed by atoms with E-state index in [4.69, 9.17) is 14.2 Å². The first-order valence-corrected chi connectivity index (χ1v) is 12.4. The first-order valence-electron chi connectivity index (χ1n) is 12.4. The molecule has 1 heterocycles. The summed E-state index contributed by atoms with van der Waals surface area (Å²) in [6.07, 6.45) is 0. The number of hydrogen-bond acceptors (Lipinski definition) is 6. The van der Waals surface area contributed by atoms with Crippen LogP contribution in [0.1, 0.15) is 0 Å². The van der Waals surface area contributed by atoms with Crippen molar-refractivity contribution in [2.75, 3.05) is 51.7 Å². The fourth-order valence-corrected chi connectivity index (χ4v) is 3.89. The van der Waals surface area contributed by atoms with Gasteiger partial charge in [-0.15, -0.1) is 0 Å². The van der Waals surface area contributed by atoms with Gasteiger partial charge in [-0.2, -0.15) is 5.10 Å². The number of hydrogen-bond donors (Lipinski definition) is 2. The van der Waals surface area contributed by atoms with Crippen LogP contribution < -0.4 is 20.1 Å². The van der Waals surface area contributed by atoms with Gasteiger partial charge in [0.2, 0.25) is 5.91 Å². The normalized spacial score (nSPS) is 10.6. The maximum Gasteiger partial charge on any atom is 0.322 e. The van der Waals surface area contributed by atoms with Gasteiger partial charge in [0.25, 0.3) is 0 Å². The third kappa shape index (κ3) is 7.14. The van der Waals surface area contributed by atoms with Crippen molar-refractivity contribution in [3.8, 4) is 28.4 Å². The van der Waals surface area contributed by atoms with Crippen molar-refractivity contribution in [2.45, 2.75) is 0 Å². The number of amides is 3. The second-order valence-electron chi connectivity index (χ2n) is 8.66. The predicted octanol–water partition coefficient (Wildman–Crippen LogP) is 4.81. The summed E-state index contributed by atoms with van der Waals surface area (Å²) in [5, 5.41) is 10.2. The Morgan fingerprint density at radius 1 is 0.900 bits per heavy atom. The molecule has 0 radical (unpaired) electrons. The van der Waals surface area contributed by atoms with Gasteiger partial charge in [0.1, 0.15) is 29.7 Å². The van der Waals surface area contributed by atoms with E-state index in [0.717, 1.165) is 5.56 Å². The van der Waals surface area contributed by atoms with E-state index < -0.39 is 17.8 Å². The Kier molecular flexibility index (Phi) is 9.31. The second-order valence-corrected chi connectivity index (χ2v) is 8.66. The lowest BCUT2D eigenvalue weighted by molar-refractivity contribution is -0.116. The number of halogens is 1. The molecule has 0 aliphatic carbocycles. The highest BCUT2D eigenvalue weighted by atomic mass is 19.1. The highest BCUT2D eigenvalue weighted by Gasteiger charge is 2.20. The minimum Gasteiger partial charge on any atom is -0.497 e. The first-order chi connectivity index (χ1) is 19.4. The summed E-state index contributed by atoms with van der Waals surface area (Å²) in [4.78, 5) is 27.7. The number of methoxy groups -OCH3 is 3. The van der Waals surface area contributed by atoms with E-state index in [9.17, 15) is 14.0 Å². The van der Waals surface area contributed by atoms with Gasteiger partial charge in [-0.25, -0.2) is 13.9 Å². The largest absolute Gasteiger partial charge is 0.497 e. The predicted molar refractivity (Wildman–Crippen MR) is 150 cm³/mol. The summed E-state index contributed by atoms with van der Waals surface area (Å²) in [6, 6.07) is 21.4. The van der Waals surface area contributed by atoms with Crippen molar-refractivity contribution < 1.29 is 28.2 Å². The number of ether oxygens (including phenoxy) is 3. The third-order valence-electron chi connectivity index (χ3n) is 5.91. The first kappa shape index (κ1) is 28.1. The fraction of sp³-hybridized carbons (Fsp3) is 0.207. The molecule has 208 valence electrons. The van der Waals surface area contributed by atoms with E-state index in [1.807, 2.05) is 30.3 Å². The lowest BCUT2D eigenvalue weighted by Gasteiger charge is -2.22. The summed E-state index contributed by atoms with van der Waals surface area (Å²) in [7, 11) is 4.53. The quantitative estimate of drug-likeness (QED) is 0.279. The smallest absolute Gasteiger partial charge is 0.322 e. The van der Waals surface area contributed by atoms with Gasteiger partial charge in [0, 0.05) is 49.2 Å². The third-order valence-corrected chi connectivity index (χ3v) is 5.91. The van der Waals surface area contributed by atoms with Gasteiger partial charge in [0.15, 0.2) is 0 Å². The summed E-state index contributed by atoms with van der Waals surface area (Å²) < 4.78 is 30.8. The molecular weight excluding hydrogens is 517 g/mol. The molecule has 10 nitrogen and oxygen atoms in total. The van der Waals surface area contributed by atoms with Crippen LogP contribution in [0.2, 0.25) is 0 Å². The van der Waals surface area contributed by atoms with Crippen LogP contribution in [0.4, 0.5) is 20.7 Å². The average Bonchev–Trinajstić information content (AvgIpc) is 3.39. The molecule has 3 aromatic carbocycles. The molecule has 0 atom stereocenters. The van der Waals surface area contributed by atoms with E-state index in [1.165, 1.54) is 43.0 Å². The number of carbonyl (C=O) groups excluding carboxylic acids is 2. The Morgan fingerprint density at radius 2 is 1.57 bits per heavy atom. The highest BCUT2D eigenvalue weighted by molar-refractivity contribution is 5.97. The number of rotatable bonds is 11. The molecule has 4 aromatic rings. The Morgan fingerprint density at radius 3 is 2.20 bits per heavy atom. The summed E-state index contributed by atoms with van der Waals surface area (Å²) in [5.74, 6) is 0.508. The van der Waals surface area contributed by atoms with Crippen molar-refractivity contribution in [3.05, 3.63) is 84.7 Å². The van der Waals surface area contributed by atoms with Gasteiger partial charge >= 0.3 is 6.03 Å². The average molecular weight is 548 g/mol. The zero-order chi connectivity index (χ0) is 28.5. The molecule has 0 aliphatic heterocycles. The van der Waals surface area contributed by atoms with Crippen molar-refractivity contribution in [3.63, 3.8) is 0 Å². The molecule has 3 amide bonds. The van der Waals surface area contributed by atoms with Crippen molar-refractivity contribution in [1.29, 1.82) is 0 Å². The van der Waals surface area contributed by atoms with Gasteiger partial charge in [0.05, 0.1) is 32.2 Å². The van der Waals surface area contributed by atoms with E-state index in [0.29, 0.717) is 34.4 Å². The van der Waals surface area contributed by atoms with Crippen molar-refractivity contribution in [1.82, 2.24) is 14.7 Å². The van der Waals surface area contributed by atoms with Crippen molar-refractivity contribution >= 4 is 23.4 Å². The molecule has 0 saturated heterocycles. The number of carbonyl (C=O) groups is 2. The summed E-state index contributed by atoms with van der Waals surface area (Å²) in [5.41, 5.74) is 2.45. The molecule has 0 saturated carbocycles.